The van der Waals surface area contributed by atoms with Crippen molar-refractivity contribution in [3.8, 4) is 0 Å². The van der Waals surface area contributed by atoms with Crippen molar-refractivity contribution in [2.75, 3.05) is 13.2 Å². The quantitative estimate of drug-likeness (QED) is 0.662. The Labute approximate surface area is 96.3 Å². The van der Waals surface area contributed by atoms with E-state index in [0.717, 1.165) is 11.1 Å². The van der Waals surface area contributed by atoms with Gasteiger partial charge in [0.1, 0.15) is 0 Å². The monoisotopic (exact) mass is 224 g/mol. The van der Waals surface area contributed by atoms with Crippen LogP contribution in [0, 0.1) is 6.92 Å². The third kappa shape index (κ3) is 3.27. The molecule has 0 fully saturated rings. The summed E-state index contributed by atoms with van der Waals surface area (Å²) in [6.45, 7) is 4.39. The van der Waals surface area contributed by atoms with Gasteiger partial charge in [0.15, 0.2) is 0 Å². The fourth-order valence-electron chi connectivity index (χ4n) is 1.51. The number of aliphatic hydroxyl groups excluding tert-OH is 2. The summed E-state index contributed by atoms with van der Waals surface area (Å²) in [6, 6.07) is 2.04. The summed E-state index contributed by atoms with van der Waals surface area (Å²) in [5.41, 5.74) is 1.57. The maximum absolute atomic E-state index is 9.27. The van der Waals surface area contributed by atoms with E-state index in [1.165, 1.54) is 0 Å². The van der Waals surface area contributed by atoms with E-state index >= 15 is 0 Å². The van der Waals surface area contributed by atoms with Gasteiger partial charge in [-0.05, 0) is 24.5 Å². The van der Waals surface area contributed by atoms with Crippen LogP contribution in [0.3, 0.4) is 0 Å². The molecule has 0 aliphatic carbocycles. The molecule has 90 valence electrons. The van der Waals surface area contributed by atoms with Crippen molar-refractivity contribution >= 4 is 0 Å². The van der Waals surface area contributed by atoms with Crippen LogP contribution in [0.4, 0.5) is 0 Å². The number of aliphatic hydroxyl groups is 2. The van der Waals surface area contributed by atoms with Gasteiger partial charge in [-0.25, -0.2) is 0 Å². The highest BCUT2D eigenvalue weighted by Crippen LogP contribution is 2.10. The molecule has 0 bridgehead atoms. The van der Waals surface area contributed by atoms with E-state index in [9.17, 15) is 10.2 Å². The van der Waals surface area contributed by atoms with Crippen LogP contribution in [0.15, 0.2) is 18.5 Å². The smallest absolute Gasteiger partial charge is 0.0648 e. The molecule has 0 aliphatic heterocycles. The molecule has 0 aliphatic rings. The summed E-state index contributed by atoms with van der Waals surface area (Å²) < 4.78 is 0. The van der Waals surface area contributed by atoms with Crippen molar-refractivity contribution < 1.29 is 10.2 Å². The maximum Gasteiger partial charge on any atom is 0.0648 e. The minimum Gasteiger partial charge on any atom is -0.394 e. The van der Waals surface area contributed by atoms with Gasteiger partial charge in [-0.1, -0.05) is 13.0 Å². The first-order valence-electron chi connectivity index (χ1n) is 5.53. The standard InChI is InChI=1S/C12H20N2O2/c1-3-12(8-15,9-16)14-7-11-4-10(2)5-13-6-11/h4-6,14-16H,3,7-9H2,1-2H3. The van der Waals surface area contributed by atoms with Gasteiger partial charge in [0.25, 0.3) is 0 Å². The summed E-state index contributed by atoms with van der Waals surface area (Å²) >= 11 is 0. The van der Waals surface area contributed by atoms with Crippen LogP contribution in [-0.4, -0.2) is 33.9 Å². The molecule has 0 unspecified atom stereocenters. The molecule has 1 aromatic heterocycles. The molecule has 16 heavy (non-hydrogen) atoms. The van der Waals surface area contributed by atoms with Crippen molar-refractivity contribution in [3.63, 3.8) is 0 Å². The minimum absolute atomic E-state index is 0.0702. The molecule has 0 aromatic carbocycles. The molecule has 0 atom stereocenters. The molecule has 0 saturated heterocycles. The third-order valence-corrected chi connectivity index (χ3v) is 2.88. The average Bonchev–Trinajstić information content (AvgIpc) is 2.32. The SMILES string of the molecule is CCC(CO)(CO)NCc1cncc(C)c1. The molecule has 1 heterocycles. The second-order valence-electron chi connectivity index (χ2n) is 4.17. The van der Waals surface area contributed by atoms with Gasteiger partial charge in [-0.2, -0.15) is 0 Å². The van der Waals surface area contributed by atoms with Gasteiger partial charge in [0, 0.05) is 18.9 Å². The predicted octanol–water partition coefficient (Wildman–Crippen LogP) is 0.613. The number of aryl methyl sites for hydroxylation is 1. The fraction of sp³-hybridized carbons (Fsp3) is 0.583. The van der Waals surface area contributed by atoms with E-state index in [-0.39, 0.29) is 13.2 Å². The zero-order chi connectivity index (χ0) is 12.0. The van der Waals surface area contributed by atoms with Gasteiger partial charge in [0.05, 0.1) is 18.8 Å². The van der Waals surface area contributed by atoms with Crippen molar-refractivity contribution in [1.82, 2.24) is 10.3 Å². The summed E-state index contributed by atoms with van der Waals surface area (Å²) in [5.74, 6) is 0. The summed E-state index contributed by atoms with van der Waals surface area (Å²) in [4.78, 5) is 4.10. The average molecular weight is 224 g/mol. The molecule has 4 heteroatoms. The molecule has 1 rings (SSSR count). The highest BCUT2D eigenvalue weighted by atomic mass is 16.3. The largest absolute Gasteiger partial charge is 0.394 e. The van der Waals surface area contributed by atoms with E-state index in [1.54, 1.807) is 12.4 Å². The predicted molar refractivity (Wildman–Crippen MR) is 63.0 cm³/mol. The first-order valence-corrected chi connectivity index (χ1v) is 5.53. The Morgan fingerprint density at radius 3 is 2.50 bits per heavy atom. The number of hydrogen-bond donors (Lipinski definition) is 3. The molecule has 0 spiro atoms. The fourth-order valence-corrected chi connectivity index (χ4v) is 1.51. The number of nitrogens with one attached hydrogen (secondary N) is 1. The number of pyridine rings is 1. The van der Waals surface area contributed by atoms with Crippen molar-refractivity contribution in [2.45, 2.75) is 32.4 Å². The second kappa shape index (κ2) is 5.94. The van der Waals surface area contributed by atoms with Crippen LogP contribution in [0.5, 0.6) is 0 Å². The van der Waals surface area contributed by atoms with Gasteiger partial charge >= 0.3 is 0 Å². The van der Waals surface area contributed by atoms with E-state index in [0.29, 0.717) is 13.0 Å². The zero-order valence-corrected chi connectivity index (χ0v) is 9.90. The van der Waals surface area contributed by atoms with Crippen molar-refractivity contribution in [2.24, 2.45) is 0 Å². The first-order chi connectivity index (χ1) is 7.65. The highest BCUT2D eigenvalue weighted by Gasteiger charge is 2.25. The summed E-state index contributed by atoms with van der Waals surface area (Å²) in [6.07, 6.45) is 4.27. The molecule has 0 amide bonds. The van der Waals surface area contributed by atoms with Crippen molar-refractivity contribution in [3.05, 3.63) is 29.6 Å². The van der Waals surface area contributed by atoms with Crippen LogP contribution in [0.2, 0.25) is 0 Å². The Morgan fingerprint density at radius 2 is 2.00 bits per heavy atom. The Kier molecular flexibility index (Phi) is 4.86. The van der Waals surface area contributed by atoms with Crippen LogP contribution >= 0.6 is 0 Å². The number of rotatable bonds is 6. The lowest BCUT2D eigenvalue weighted by Gasteiger charge is -2.29. The van der Waals surface area contributed by atoms with Gasteiger partial charge in [-0.15, -0.1) is 0 Å². The molecular formula is C12H20N2O2. The molecule has 4 nitrogen and oxygen atoms in total. The minimum atomic E-state index is -0.594. The van der Waals surface area contributed by atoms with E-state index in [4.69, 9.17) is 0 Å². The van der Waals surface area contributed by atoms with Crippen LogP contribution in [0.25, 0.3) is 0 Å². The molecule has 0 saturated carbocycles. The Balaban J connectivity index is 2.62. The number of aromatic nitrogens is 1. The highest BCUT2D eigenvalue weighted by molar-refractivity contribution is 5.16. The second-order valence-corrected chi connectivity index (χ2v) is 4.17. The lowest BCUT2D eigenvalue weighted by molar-refractivity contribution is 0.0864. The Bertz CT molecular complexity index is 316. The maximum atomic E-state index is 9.27. The Morgan fingerprint density at radius 1 is 1.31 bits per heavy atom. The normalized spacial score (nSPS) is 11.8. The van der Waals surface area contributed by atoms with Crippen LogP contribution in [-0.2, 0) is 6.54 Å². The summed E-state index contributed by atoms with van der Waals surface area (Å²) in [7, 11) is 0. The molecular weight excluding hydrogens is 204 g/mol. The summed E-state index contributed by atoms with van der Waals surface area (Å²) in [5, 5.41) is 21.7. The zero-order valence-electron chi connectivity index (χ0n) is 9.90. The van der Waals surface area contributed by atoms with E-state index < -0.39 is 5.54 Å². The van der Waals surface area contributed by atoms with E-state index in [2.05, 4.69) is 10.3 Å². The van der Waals surface area contributed by atoms with Crippen LogP contribution in [0.1, 0.15) is 24.5 Å². The number of nitrogens with zero attached hydrogens (tertiary/aromatic N) is 1. The lowest BCUT2D eigenvalue weighted by atomic mass is 9.98. The van der Waals surface area contributed by atoms with Gasteiger partial charge in [0.2, 0.25) is 0 Å². The number of hydrogen-bond acceptors (Lipinski definition) is 4. The Hall–Kier alpha value is -0.970. The topological polar surface area (TPSA) is 65.4 Å². The van der Waals surface area contributed by atoms with Crippen molar-refractivity contribution in [1.29, 1.82) is 0 Å². The first kappa shape index (κ1) is 13.1. The molecule has 3 N–H and O–H groups in total. The van der Waals surface area contributed by atoms with Gasteiger partial charge in [-0.3, -0.25) is 4.98 Å². The van der Waals surface area contributed by atoms with Gasteiger partial charge < -0.3 is 15.5 Å². The van der Waals surface area contributed by atoms with Crippen LogP contribution < -0.4 is 5.32 Å². The lowest BCUT2D eigenvalue weighted by Crippen LogP contribution is -2.50. The van der Waals surface area contributed by atoms with E-state index in [1.807, 2.05) is 19.9 Å². The molecule has 0 radical (unpaired) electrons. The molecule has 1 aromatic rings. The third-order valence-electron chi connectivity index (χ3n) is 2.88.